The van der Waals surface area contributed by atoms with Crippen LogP contribution in [0, 0.1) is 11.3 Å². The van der Waals surface area contributed by atoms with Crippen molar-refractivity contribution in [1.82, 2.24) is 10.6 Å². The fourth-order valence-electron chi connectivity index (χ4n) is 3.10. The van der Waals surface area contributed by atoms with Crippen molar-refractivity contribution in [2.75, 3.05) is 12.0 Å². The van der Waals surface area contributed by atoms with Gasteiger partial charge in [0.1, 0.15) is 6.04 Å². The van der Waals surface area contributed by atoms with E-state index in [1.54, 1.807) is 18.7 Å². The van der Waals surface area contributed by atoms with Crippen molar-refractivity contribution in [2.45, 2.75) is 71.5 Å². The highest BCUT2D eigenvalue weighted by Crippen LogP contribution is 2.49. The number of carbonyl (C=O) groups excluding carboxylic acids is 2. The highest BCUT2D eigenvalue weighted by molar-refractivity contribution is 7.98. The van der Waals surface area contributed by atoms with Crippen LogP contribution >= 0.6 is 11.8 Å². The van der Waals surface area contributed by atoms with Crippen LogP contribution in [0.3, 0.4) is 0 Å². The first-order valence-corrected chi connectivity index (χ1v) is 9.81. The van der Waals surface area contributed by atoms with E-state index < -0.39 is 12.1 Å². The highest BCUT2D eigenvalue weighted by Gasteiger charge is 2.50. The zero-order valence-corrected chi connectivity index (χ0v) is 16.2. The summed E-state index contributed by atoms with van der Waals surface area (Å²) in [4.78, 5) is 24.5. The fraction of sp³-hybridized carbons (Fsp3) is 0.882. The van der Waals surface area contributed by atoms with E-state index in [2.05, 4.69) is 38.3 Å². The highest BCUT2D eigenvalue weighted by atomic mass is 32.2. The molecule has 6 heteroatoms. The van der Waals surface area contributed by atoms with Gasteiger partial charge >= 0.3 is 0 Å². The molecular weight excluding hydrogens is 310 g/mol. The Morgan fingerprint density at radius 1 is 1.30 bits per heavy atom. The normalized spacial score (nSPS) is 28.9. The summed E-state index contributed by atoms with van der Waals surface area (Å²) in [6, 6.07) is -1.14. The molecule has 23 heavy (non-hydrogen) atoms. The standard InChI is InChI=1S/C17H33N3O2S/c1-11-7-9-17(5,16(11,3)4)20-14(21)12(2)19-15(22)13(18)8-10-23-6/h11-13H,7-10,18H2,1-6H3,(H,19,22)(H,20,21)/t11?,12-,13+,17?/m1/s1. The number of amides is 2. The topological polar surface area (TPSA) is 84.2 Å². The quantitative estimate of drug-likeness (QED) is 0.659. The molecule has 4 N–H and O–H groups in total. The predicted molar refractivity (Wildman–Crippen MR) is 97.3 cm³/mol. The Labute approximate surface area is 144 Å². The zero-order valence-electron chi connectivity index (χ0n) is 15.4. The summed E-state index contributed by atoms with van der Waals surface area (Å²) in [5, 5.41) is 5.90. The largest absolute Gasteiger partial charge is 0.349 e. The second kappa shape index (κ2) is 7.88. The lowest BCUT2D eigenvalue weighted by Crippen LogP contribution is -2.59. The van der Waals surface area contributed by atoms with E-state index in [0.717, 1.165) is 18.6 Å². The smallest absolute Gasteiger partial charge is 0.242 e. The van der Waals surface area contributed by atoms with E-state index >= 15 is 0 Å². The Morgan fingerprint density at radius 2 is 1.91 bits per heavy atom. The Hall–Kier alpha value is -0.750. The Bertz CT molecular complexity index is 442. The molecule has 1 saturated carbocycles. The number of hydrogen-bond donors (Lipinski definition) is 3. The molecule has 1 aliphatic carbocycles. The third kappa shape index (κ3) is 4.63. The van der Waals surface area contributed by atoms with Gasteiger partial charge < -0.3 is 16.4 Å². The first-order chi connectivity index (χ1) is 10.5. The van der Waals surface area contributed by atoms with Gasteiger partial charge in [0.05, 0.1) is 6.04 Å². The van der Waals surface area contributed by atoms with E-state index in [4.69, 9.17) is 5.73 Å². The molecule has 0 bridgehead atoms. The molecule has 0 saturated heterocycles. The molecule has 1 aliphatic rings. The first kappa shape index (κ1) is 20.3. The summed E-state index contributed by atoms with van der Waals surface area (Å²) < 4.78 is 0. The van der Waals surface area contributed by atoms with Gasteiger partial charge in [-0.3, -0.25) is 9.59 Å². The molecular formula is C17H33N3O2S. The second-order valence-corrected chi connectivity index (χ2v) is 8.59. The van der Waals surface area contributed by atoms with Gasteiger partial charge in [0.25, 0.3) is 0 Å². The molecule has 2 unspecified atom stereocenters. The maximum atomic E-state index is 12.5. The Balaban J connectivity index is 2.59. The van der Waals surface area contributed by atoms with Gasteiger partial charge in [-0.05, 0) is 56.5 Å². The number of nitrogens with one attached hydrogen (secondary N) is 2. The van der Waals surface area contributed by atoms with Crippen LogP contribution in [-0.4, -0.2) is 41.4 Å². The number of rotatable bonds is 7. The molecule has 0 radical (unpaired) electrons. The van der Waals surface area contributed by atoms with Crippen LogP contribution in [0.1, 0.15) is 53.9 Å². The van der Waals surface area contributed by atoms with Crippen LogP contribution < -0.4 is 16.4 Å². The third-order valence-corrected chi connectivity index (χ3v) is 6.50. The molecule has 1 rings (SSSR count). The lowest BCUT2D eigenvalue weighted by molar-refractivity contribution is -0.131. The number of thioether (sulfide) groups is 1. The number of carbonyl (C=O) groups is 2. The molecule has 0 spiro atoms. The first-order valence-electron chi connectivity index (χ1n) is 8.42. The van der Waals surface area contributed by atoms with Gasteiger partial charge in [-0.2, -0.15) is 11.8 Å². The molecule has 0 heterocycles. The molecule has 0 aromatic heterocycles. The molecule has 0 aromatic rings. The molecule has 2 amide bonds. The van der Waals surface area contributed by atoms with Crippen LogP contribution in [-0.2, 0) is 9.59 Å². The Kier molecular flexibility index (Phi) is 6.95. The maximum absolute atomic E-state index is 12.5. The second-order valence-electron chi connectivity index (χ2n) is 7.60. The van der Waals surface area contributed by atoms with Crippen molar-refractivity contribution in [2.24, 2.45) is 17.1 Å². The van der Waals surface area contributed by atoms with Crippen molar-refractivity contribution >= 4 is 23.6 Å². The van der Waals surface area contributed by atoms with Crippen molar-refractivity contribution < 1.29 is 9.59 Å². The van der Waals surface area contributed by atoms with Gasteiger partial charge in [0.2, 0.25) is 11.8 Å². The van der Waals surface area contributed by atoms with Gasteiger partial charge in [-0.1, -0.05) is 20.8 Å². The minimum atomic E-state index is -0.577. The Morgan fingerprint density at radius 3 is 2.39 bits per heavy atom. The van der Waals surface area contributed by atoms with Crippen molar-refractivity contribution in [3.05, 3.63) is 0 Å². The minimum Gasteiger partial charge on any atom is -0.349 e. The molecule has 4 atom stereocenters. The van der Waals surface area contributed by atoms with Gasteiger partial charge in [-0.25, -0.2) is 0 Å². The van der Waals surface area contributed by atoms with Gasteiger partial charge in [-0.15, -0.1) is 0 Å². The average Bonchev–Trinajstić information content (AvgIpc) is 2.67. The zero-order chi connectivity index (χ0) is 17.8. The predicted octanol–water partition coefficient (Wildman–Crippen LogP) is 1.90. The van der Waals surface area contributed by atoms with Gasteiger partial charge in [0, 0.05) is 5.54 Å². The van der Waals surface area contributed by atoms with Crippen LogP contribution in [0.2, 0.25) is 0 Å². The average molecular weight is 344 g/mol. The summed E-state index contributed by atoms with van der Waals surface area (Å²) in [6.45, 7) is 10.4. The number of nitrogens with two attached hydrogens (primary N) is 1. The SMILES string of the molecule is CSCC[C@H](N)C(=O)N[C@H](C)C(=O)NC1(C)CCC(C)C1(C)C. The fourth-order valence-corrected chi connectivity index (χ4v) is 3.59. The molecule has 0 aromatic carbocycles. The molecule has 0 aliphatic heterocycles. The van der Waals surface area contributed by atoms with E-state index in [1.807, 2.05) is 6.26 Å². The van der Waals surface area contributed by atoms with Crippen LogP contribution in [0.15, 0.2) is 0 Å². The van der Waals surface area contributed by atoms with Gasteiger partial charge in [0.15, 0.2) is 0 Å². The minimum absolute atomic E-state index is 0.0289. The summed E-state index contributed by atoms with van der Waals surface area (Å²) in [5.41, 5.74) is 5.63. The van der Waals surface area contributed by atoms with Crippen molar-refractivity contribution in [3.63, 3.8) is 0 Å². The van der Waals surface area contributed by atoms with Crippen molar-refractivity contribution in [1.29, 1.82) is 0 Å². The summed E-state index contributed by atoms with van der Waals surface area (Å²) >= 11 is 1.65. The molecule has 1 fully saturated rings. The van der Waals surface area contributed by atoms with Crippen LogP contribution in [0.25, 0.3) is 0 Å². The summed E-state index contributed by atoms with van der Waals surface area (Å²) in [7, 11) is 0. The molecule has 5 nitrogen and oxygen atoms in total. The van der Waals surface area contributed by atoms with Crippen molar-refractivity contribution in [3.8, 4) is 0 Å². The summed E-state index contributed by atoms with van der Waals surface area (Å²) in [6.07, 6.45) is 4.65. The number of hydrogen-bond acceptors (Lipinski definition) is 4. The van der Waals surface area contributed by atoms with E-state index in [9.17, 15) is 9.59 Å². The molecule has 134 valence electrons. The lowest BCUT2D eigenvalue weighted by atomic mass is 9.72. The van der Waals surface area contributed by atoms with Crippen LogP contribution in [0.5, 0.6) is 0 Å². The maximum Gasteiger partial charge on any atom is 0.242 e. The van der Waals surface area contributed by atoms with E-state index in [1.165, 1.54) is 0 Å². The van der Waals surface area contributed by atoms with Crippen LogP contribution in [0.4, 0.5) is 0 Å². The third-order valence-electron chi connectivity index (χ3n) is 5.85. The lowest BCUT2D eigenvalue weighted by Gasteiger charge is -2.42. The van der Waals surface area contributed by atoms with E-state index in [0.29, 0.717) is 12.3 Å². The monoisotopic (exact) mass is 343 g/mol. The summed E-state index contributed by atoms with van der Waals surface area (Å²) in [5.74, 6) is 0.989. The van der Waals surface area contributed by atoms with E-state index in [-0.39, 0.29) is 22.8 Å².